The minimum atomic E-state index is -1.94. The van der Waals surface area contributed by atoms with Crippen molar-refractivity contribution >= 4 is 40.3 Å². The molecule has 1 aromatic heterocycles. The molecule has 3 N–H and O–H groups in total. The quantitative estimate of drug-likeness (QED) is 0.463. The first-order valence-corrected chi connectivity index (χ1v) is 11.6. The summed E-state index contributed by atoms with van der Waals surface area (Å²) in [4.78, 5) is 38.8. The summed E-state index contributed by atoms with van der Waals surface area (Å²) in [5.41, 5.74) is 4.91. The summed E-state index contributed by atoms with van der Waals surface area (Å²) in [5.74, 6) is -1.34. The fourth-order valence-electron chi connectivity index (χ4n) is 4.31. The van der Waals surface area contributed by atoms with Crippen LogP contribution in [0.5, 0.6) is 0 Å². The number of ketones is 1. The number of hydrogen-bond donors (Lipinski definition) is 2. The van der Waals surface area contributed by atoms with Gasteiger partial charge in [-0.05, 0) is 19.1 Å². The van der Waals surface area contributed by atoms with Gasteiger partial charge in [0, 0.05) is 47.7 Å². The van der Waals surface area contributed by atoms with E-state index in [1.807, 2.05) is 0 Å². The maximum atomic E-state index is 15.2. The molecule has 190 valence electrons. The van der Waals surface area contributed by atoms with Crippen LogP contribution >= 0.6 is 11.6 Å². The van der Waals surface area contributed by atoms with Gasteiger partial charge in [-0.25, -0.2) is 13.6 Å². The molecule has 0 radical (unpaired) electrons. The van der Waals surface area contributed by atoms with E-state index in [0.29, 0.717) is 16.5 Å². The molecular formula is C25H25ClF2N4O4. The van der Waals surface area contributed by atoms with Crippen LogP contribution < -0.4 is 11.1 Å². The summed E-state index contributed by atoms with van der Waals surface area (Å²) < 4.78 is 36.2. The zero-order valence-electron chi connectivity index (χ0n) is 19.5. The van der Waals surface area contributed by atoms with E-state index in [1.54, 1.807) is 35.0 Å². The molecule has 0 saturated carbocycles. The number of carbonyl (C=O) groups is 3. The van der Waals surface area contributed by atoms with Gasteiger partial charge in [0.05, 0.1) is 11.6 Å². The number of aromatic nitrogens is 1. The zero-order chi connectivity index (χ0) is 26.0. The van der Waals surface area contributed by atoms with E-state index in [1.165, 1.54) is 25.1 Å². The Morgan fingerprint density at radius 3 is 2.69 bits per heavy atom. The Labute approximate surface area is 210 Å². The number of carbonyl (C=O) groups excluding carboxylic acids is 3. The number of alkyl halides is 1. The molecule has 2 atom stereocenters. The molecule has 8 nitrogen and oxygen atoms in total. The highest BCUT2D eigenvalue weighted by Gasteiger charge is 2.47. The van der Waals surface area contributed by atoms with Crippen LogP contribution in [-0.4, -0.2) is 52.2 Å². The minimum Gasteiger partial charge on any atom is -0.425 e. The van der Waals surface area contributed by atoms with E-state index < -0.39 is 29.7 Å². The van der Waals surface area contributed by atoms with Gasteiger partial charge in [0.25, 0.3) is 0 Å². The molecule has 0 aliphatic carbocycles. The third-order valence-corrected chi connectivity index (χ3v) is 6.49. The molecule has 1 aliphatic heterocycles. The number of nitrogens with two attached hydrogens (primary N) is 1. The number of para-hydroxylation sites is 1. The number of hydrogen-bond acceptors (Lipinski definition) is 5. The van der Waals surface area contributed by atoms with E-state index in [2.05, 4.69) is 5.32 Å². The second kappa shape index (κ2) is 10.2. The second-order valence-electron chi connectivity index (χ2n) is 8.75. The first-order chi connectivity index (χ1) is 17.1. The van der Waals surface area contributed by atoms with E-state index >= 15 is 4.39 Å². The first kappa shape index (κ1) is 25.6. The van der Waals surface area contributed by atoms with Crippen LogP contribution in [0.2, 0.25) is 5.02 Å². The topological polar surface area (TPSA) is 107 Å². The van der Waals surface area contributed by atoms with Crippen molar-refractivity contribution in [2.45, 2.75) is 38.3 Å². The largest absolute Gasteiger partial charge is 0.425 e. The van der Waals surface area contributed by atoms with Crippen molar-refractivity contribution in [2.75, 3.05) is 13.1 Å². The zero-order valence-corrected chi connectivity index (χ0v) is 20.2. The molecule has 0 spiro atoms. The van der Waals surface area contributed by atoms with Gasteiger partial charge in [-0.1, -0.05) is 41.9 Å². The maximum Gasteiger partial charge on any atom is 0.409 e. The highest BCUT2D eigenvalue weighted by Crippen LogP contribution is 2.32. The van der Waals surface area contributed by atoms with Gasteiger partial charge in [0.15, 0.2) is 12.0 Å². The highest BCUT2D eigenvalue weighted by molar-refractivity contribution is 6.30. The van der Waals surface area contributed by atoms with Gasteiger partial charge in [0.1, 0.15) is 18.0 Å². The number of nitrogens with zero attached hydrogens (tertiary/aromatic N) is 2. The highest BCUT2D eigenvalue weighted by atomic mass is 35.5. The van der Waals surface area contributed by atoms with Gasteiger partial charge < -0.3 is 25.3 Å². The summed E-state index contributed by atoms with van der Waals surface area (Å²) in [6.45, 7) is 0.288. The molecule has 2 amide bonds. The first-order valence-electron chi connectivity index (χ1n) is 11.3. The Kier molecular flexibility index (Phi) is 7.28. The number of halogens is 3. The summed E-state index contributed by atoms with van der Waals surface area (Å²) in [6, 6.07) is 11.5. The molecule has 0 bridgehead atoms. The summed E-state index contributed by atoms with van der Waals surface area (Å²) in [5, 5.41) is 3.00. The maximum absolute atomic E-state index is 15.2. The number of fused-ring (bicyclic) bond motifs is 1. The number of amides is 2. The lowest BCUT2D eigenvalue weighted by Gasteiger charge is -2.24. The van der Waals surface area contributed by atoms with Crippen LogP contribution in [0.4, 0.5) is 13.6 Å². The molecule has 2 heterocycles. The molecule has 0 unspecified atom stereocenters. The van der Waals surface area contributed by atoms with Crippen molar-refractivity contribution in [1.29, 1.82) is 0 Å². The molecule has 11 heteroatoms. The van der Waals surface area contributed by atoms with Crippen LogP contribution in [0.1, 0.15) is 29.3 Å². The number of ether oxygens (including phenoxy) is 1. The smallest absolute Gasteiger partial charge is 0.409 e. The molecule has 4 rings (SSSR count). The monoisotopic (exact) mass is 518 g/mol. The Hall–Kier alpha value is -3.50. The van der Waals surface area contributed by atoms with Crippen molar-refractivity contribution < 1.29 is 27.9 Å². The Bertz CT molecular complexity index is 1330. The van der Waals surface area contributed by atoms with Gasteiger partial charge in [0.2, 0.25) is 5.91 Å². The average molecular weight is 519 g/mol. The molecule has 1 fully saturated rings. The van der Waals surface area contributed by atoms with Crippen molar-refractivity contribution in [3.63, 3.8) is 0 Å². The number of Topliss-reactive ketones (excluding diaryl/α,β-unsaturated/α-hetero) is 1. The molecule has 1 aliphatic rings. The molecule has 2 aromatic carbocycles. The molecule has 3 aromatic rings. The Balaban J connectivity index is 1.49. The fraction of sp³-hybridized carbons (Fsp3) is 0.320. The molecule has 36 heavy (non-hydrogen) atoms. The number of rotatable bonds is 7. The second-order valence-corrected chi connectivity index (χ2v) is 9.16. The van der Waals surface area contributed by atoms with Gasteiger partial charge >= 0.3 is 6.09 Å². The van der Waals surface area contributed by atoms with Gasteiger partial charge in [-0.2, -0.15) is 0 Å². The Morgan fingerprint density at radius 1 is 1.22 bits per heavy atom. The number of alkyl carbamates (subject to hydrolysis) is 1. The van der Waals surface area contributed by atoms with E-state index in [-0.39, 0.29) is 49.0 Å². The third kappa shape index (κ3) is 5.19. The predicted octanol–water partition coefficient (Wildman–Crippen LogP) is 3.79. The van der Waals surface area contributed by atoms with Crippen molar-refractivity contribution in [3.8, 4) is 0 Å². The van der Waals surface area contributed by atoms with E-state index in [0.717, 1.165) is 4.90 Å². The lowest BCUT2D eigenvalue weighted by Crippen LogP contribution is -2.43. The predicted molar refractivity (Wildman–Crippen MR) is 130 cm³/mol. The van der Waals surface area contributed by atoms with Gasteiger partial charge in [-0.3, -0.25) is 9.59 Å². The Morgan fingerprint density at radius 2 is 1.97 bits per heavy atom. The van der Waals surface area contributed by atoms with Crippen LogP contribution in [0.3, 0.4) is 0 Å². The fourth-order valence-corrected chi connectivity index (χ4v) is 4.50. The van der Waals surface area contributed by atoms with E-state index in [4.69, 9.17) is 22.1 Å². The minimum absolute atomic E-state index is 0.0918. The summed E-state index contributed by atoms with van der Waals surface area (Å²) >= 11 is 5.75. The standard InChI is InChI=1S/C25H25ClF2N4O4/c1-15(33)18-11-31(20-8-3-2-6-17(18)20)12-21(34)32-14-25(28,13-29)9-22(32)36-24(35)30-10-16-5-4-7-19(26)23(16)27/h2-8,11,22H,9-10,12-14,29H2,1H3,(H,30,35)/t22-,25-/m0/s1. The number of benzene rings is 2. The number of likely N-dealkylation sites (tertiary alicyclic amines) is 1. The lowest BCUT2D eigenvalue weighted by molar-refractivity contribution is -0.138. The SMILES string of the molecule is CC(=O)c1cn(CC(=O)N2C[C@@](F)(CN)C[C@@H]2OC(=O)NCc2cccc(Cl)c2F)c2ccccc12. The number of nitrogens with one attached hydrogen (secondary N) is 1. The van der Waals surface area contributed by atoms with Crippen LogP contribution in [0.15, 0.2) is 48.7 Å². The van der Waals surface area contributed by atoms with Crippen molar-refractivity contribution in [3.05, 3.63) is 70.6 Å². The van der Waals surface area contributed by atoms with Crippen LogP contribution in [0, 0.1) is 5.82 Å². The van der Waals surface area contributed by atoms with E-state index in [9.17, 15) is 18.8 Å². The summed E-state index contributed by atoms with van der Waals surface area (Å²) in [7, 11) is 0. The van der Waals surface area contributed by atoms with Crippen LogP contribution in [-0.2, 0) is 22.6 Å². The van der Waals surface area contributed by atoms with Crippen molar-refractivity contribution in [2.24, 2.45) is 5.73 Å². The third-order valence-electron chi connectivity index (χ3n) is 6.20. The summed E-state index contributed by atoms with van der Waals surface area (Å²) in [6.07, 6.45) is -0.901. The normalized spacial score (nSPS) is 19.5. The van der Waals surface area contributed by atoms with Crippen LogP contribution in [0.25, 0.3) is 10.9 Å². The van der Waals surface area contributed by atoms with Gasteiger partial charge in [-0.15, -0.1) is 0 Å². The average Bonchev–Trinajstić information content (AvgIpc) is 3.38. The lowest BCUT2D eigenvalue weighted by atomic mass is 10.1. The van der Waals surface area contributed by atoms with Crippen molar-refractivity contribution in [1.82, 2.24) is 14.8 Å². The molecular weight excluding hydrogens is 494 g/mol. The molecule has 1 saturated heterocycles.